The second-order valence-electron chi connectivity index (χ2n) is 3.83. The van der Waals surface area contributed by atoms with E-state index in [0.29, 0.717) is 5.82 Å². The van der Waals surface area contributed by atoms with Gasteiger partial charge in [-0.3, -0.25) is 25.3 Å². The number of rotatable bonds is 5. The van der Waals surface area contributed by atoms with Gasteiger partial charge in [0.25, 0.3) is 5.69 Å². The predicted octanol–water partition coefficient (Wildman–Crippen LogP) is 1.75. The number of amides is 1. The Morgan fingerprint density at radius 1 is 1.45 bits per heavy atom. The Balaban J connectivity index is 1.85. The van der Waals surface area contributed by atoms with E-state index < -0.39 is 4.92 Å². The Morgan fingerprint density at radius 3 is 2.70 bits per heavy atom. The monoisotopic (exact) mass is 293 g/mol. The second-order valence-corrected chi connectivity index (χ2v) is 4.88. The second kappa shape index (κ2) is 6.15. The van der Waals surface area contributed by atoms with E-state index in [4.69, 9.17) is 0 Å². The molecule has 0 fully saturated rings. The molecule has 0 spiro atoms. The molecular weight excluding hydrogens is 282 g/mol. The summed E-state index contributed by atoms with van der Waals surface area (Å²) in [6.07, 6.45) is 0. The summed E-state index contributed by atoms with van der Waals surface area (Å²) in [6, 6.07) is 6.01. The van der Waals surface area contributed by atoms with Crippen LogP contribution in [0.2, 0.25) is 0 Å². The minimum Gasteiger partial charge on any atom is -0.292 e. The van der Waals surface area contributed by atoms with E-state index in [1.807, 2.05) is 0 Å². The molecule has 2 rings (SSSR count). The largest absolute Gasteiger partial charge is 0.292 e. The molecule has 2 aromatic rings. The molecule has 0 aliphatic heterocycles. The zero-order chi connectivity index (χ0) is 14.5. The Bertz CT molecular complexity index is 625. The molecule has 20 heavy (non-hydrogen) atoms. The molecule has 0 unspecified atom stereocenters. The number of aromatic nitrogens is 3. The fourth-order valence-electron chi connectivity index (χ4n) is 1.37. The fraction of sp³-hybridized carbons (Fsp3) is 0.182. The van der Waals surface area contributed by atoms with Gasteiger partial charge in [0.15, 0.2) is 0 Å². The maximum atomic E-state index is 11.6. The van der Waals surface area contributed by atoms with Crippen LogP contribution >= 0.6 is 11.8 Å². The summed E-state index contributed by atoms with van der Waals surface area (Å²) in [7, 11) is 0. The molecule has 2 N–H and O–H groups in total. The summed E-state index contributed by atoms with van der Waals surface area (Å²) in [4.78, 5) is 26.4. The first-order chi connectivity index (χ1) is 9.54. The van der Waals surface area contributed by atoms with Gasteiger partial charge in [-0.25, -0.2) is 0 Å². The van der Waals surface area contributed by atoms with Gasteiger partial charge in [-0.15, -0.1) is 16.9 Å². The first-order valence-electron chi connectivity index (χ1n) is 5.61. The number of benzene rings is 1. The van der Waals surface area contributed by atoms with Gasteiger partial charge < -0.3 is 0 Å². The van der Waals surface area contributed by atoms with Gasteiger partial charge in [0.2, 0.25) is 11.9 Å². The number of aryl methyl sites for hydroxylation is 1. The Labute approximate surface area is 118 Å². The van der Waals surface area contributed by atoms with Gasteiger partial charge >= 0.3 is 0 Å². The van der Waals surface area contributed by atoms with Crippen LogP contribution in [-0.2, 0) is 4.79 Å². The number of anilines is 1. The lowest BCUT2D eigenvalue weighted by atomic mass is 10.3. The molecule has 1 aromatic heterocycles. The van der Waals surface area contributed by atoms with Gasteiger partial charge in [-0.05, 0) is 19.1 Å². The van der Waals surface area contributed by atoms with E-state index in [-0.39, 0.29) is 23.3 Å². The number of non-ortho nitro benzene ring substituents is 1. The highest BCUT2D eigenvalue weighted by Gasteiger charge is 2.08. The minimum absolute atomic E-state index is 0.0231. The number of thioether (sulfide) groups is 1. The van der Waals surface area contributed by atoms with Crippen LogP contribution in [0, 0.1) is 17.0 Å². The Kier molecular flexibility index (Phi) is 4.31. The lowest BCUT2D eigenvalue weighted by Crippen LogP contribution is -2.15. The molecule has 0 saturated heterocycles. The van der Waals surface area contributed by atoms with Crippen molar-refractivity contribution in [2.45, 2.75) is 11.8 Å². The Morgan fingerprint density at radius 2 is 2.15 bits per heavy atom. The molecule has 1 amide bonds. The zero-order valence-electron chi connectivity index (χ0n) is 10.5. The summed E-state index contributed by atoms with van der Waals surface area (Å²) >= 11 is 1.27. The van der Waals surface area contributed by atoms with Crippen LogP contribution in [0.15, 0.2) is 29.2 Å². The fourth-order valence-corrected chi connectivity index (χ4v) is 2.07. The molecule has 1 heterocycles. The number of aromatic amines is 1. The lowest BCUT2D eigenvalue weighted by molar-refractivity contribution is -0.384. The van der Waals surface area contributed by atoms with E-state index in [0.717, 1.165) is 4.90 Å². The van der Waals surface area contributed by atoms with Crippen molar-refractivity contribution in [1.29, 1.82) is 0 Å². The molecular formula is C11H11N5O3S. The number of H-pyrrole nitrogens is 1. The summed E-state index contributed by atoms with van der Waals surface area (Å²) in [6.45, 7) is 1.73. The Hall–Kier alpha value is -2.42. The molecule has 0 aliphatic carbocycles. The SMILES string of the molecule is Cc1nc(NC(=O)CSc2ccc([N+](=O)[O-])cc2)n[nH]1. The van der Waals surface area contributed by atoms with Crippen molar-refractivity contribution in [3.63, 3.8) is 0 Å². The number of nitrogens with one attached hydrogen (secondary N) is 2. The molecule has 0 aliphatic rings. The standard InChI is InChI=1S/C11H11N5O3S/c1-7-12-11(15-14-7)13-10(17)6-20-9-4-2-8(3-5-9)16(18)19/h2-5H,6H2,1H3,(H2,12,13,14,15,17). The number of carbonyl (C=O) groups excluding carboxylic acids is 1. The smallest absolute Gasteiger partial charge is 0.269 e. The normalized spacial score (nSPS) is 10.2. The predicted molar refractivity (Wildman–Crippen MR) is 73.6 cm³/mol. The van der Waals surface area contributed by atoms with E-state index in [1.165, 1.54) is 23.9 Å². The molecule has 0 atom stereocenters. The molecule has 104 valence electrons. The quantitative estimate of drug-likeness (QED) is 0.493. The van der Waals surface area contributed by atoms with Gasteiger partial charge in [-0.2, -0.15) is 4.98 Å². The maximum absolute atomic E-state index is 11.6. The molecule has 0 bridgehead atoms. The van der Waals surface area contributed by atoms with Gasteiger partial charge in [-0.1, -0.05) is 0 Å². The van der Waals surface area contributed by atoms with E-state index in [1.54, 1.807) is 19.1 Å². The van der Waals surface area contributed by atoms with Crippen molar-refractivity contribution >= 4 is 29.3 Å². The highest BCUT2D eigenvalue weighted by Crippen LogP contribution is 2.21. The number of hydrogen-bond acceptors (Lipinski definition) is 6. The zero-order valence-corrected chi connectivity index (χ0v) is 11.3. The third-order valence-corrected chi connectivity index (χ3v) is 3.28. The highest BCUT2D eigenvalue weighted by molar-refractivity contribution is 8.00. The van der Waals surface area contributed by atoms with Crippen LogP contribution in [0.25, 0.3) is 0 Å². The summed E-state index contributed by atoms with van der Waals surface area (Å²) in [5.41, 5.74) is 0.0231. The van der Waals surface area contributed by atoms with Crippen molar-refractivity contribution < 1.29 is 9.72 Å². The average Bonchev–Trinajstić information content (AvgIpc) is 2.82. The number of nitro benzene ring substituents is 1. The van der Waals surface area contributed by atoms with Gasteiger partial charge in [0.1, 0.15) is 5.82 Å². The third kappa shape index (κ3) is 3.79. The molecule has 8 nitrogen and oxygen atoms in total. The minimum atomic E-state index is -0.466. The van der Waals surface area contributed by atoms with Crippen LogP contribution in [0.3, 0.4) is 0 Å². The molecule has 9 heteroatoms. The summed E-state index contributed by atoms with van der Waals surface area (Å²) in [5, 5.41) is 19.5. The maximum Gasteiger partial charge on any atom is 0.269 e. The van der Waals surface area contributed by atoms with Crippen molar-refractivity contribution in [2.24, 2.45) is 0 Å². The van der Waals surface area contributed by atoms with E-state index in [9.17, 15) is 14.9 Å². The van der Waals surface area contributed by atoms with Crippen LogP contribution in [-0.4, -0.2) is 31.8 Å². The molecule has 1 aromatic carbocycles. The van der Waals surface area contributed by atoms with E-state index >= 15 is 0 Å². The van der Waals surface area contributed by atoms with Gasteiger partial charge in [0.05, 0.1) is 10.7 Å². The third-order valence-electron chi connectivity index (χ3n) is 2.27. The summed E-state index contributed by atoms with van der Waals surface area (Å²) < 4.78 is 0. The van der Waals surface area contributed by atoms with Crippen molar-refractivity contribution in [2.75, 3.05) is 11.1 Å². The van der Waals surface area contributed by atoms with E-state index in [2.05, 4.69) is 20.5 Å². The lowest BCUT2D eigenvalue weighted by Gasteiger charge is -2.01. The molecule has 0 radical (unpaired) electrons. The van der Waals surface area contributed by atoms with Crippen LogP contribution in [0.4, 0.5) is 11.6 Å². The van der Waals surface area contributed by atoms with Crippen molar-refractivity contribution in [3.05, 3.63) is 40.2 Å². The first kappa shape index (κ1) is 14.0. The number of carbonyl (C=O) groups is 1. The summed E-state index contributed by atoms with van der Waals surface area (Å²) in [5.74, 6) is 0.776. The number of hydrogen-bond donors (Lipinski definition) is 2. The molecule has 0 saturated carbocycles. The average molecular weight is 293 g/mol. The van der Waals surface area contributed by atoms with Crippen LogP contribution in [0.1, 0.15) is 5.82 Å². The first-order valence-corrected chi connectivity index (χ1v) is 6.59. The van der Waals surface area contributed by atoms with Crippen molar-refractivity contribution in [1.82, 2.24) is 15.2 Å². The van der Waals surface area contributed by atoms with Crippen LogP contribution < -0.4 is 5.32 Å². The highest BCUT2D eigenvalue weighted by atomic mass is 32.2. The van der Waals surface area contributed by atoms with Gasteiger partial charge in [0, 0.05) is 17.0 Å². The van der Waals surface area contributed by atoms with Crippen LogP contribution in [0.5, 0.6) is 0 Å². The van der Waals surface area contributed by atoms with Crippen molar-refractivity contribution in [3.8, 4) is 0 Å². The topological polar surface area (TPSA) is 114 Å². The number of nitro groups is 1. The number of nitrogens with zero attached hydrogens (tertiary/aromatic N) is 3.